The van der Waals surface area contributed by atoms with E-state index in [9.17, 15) is 48.3 Å². The minimum absolute atomic E-state index is 0.0908. The minimum atomic E-state index is -1.80. The van der Waals surface area contributed by atoms with Crippen LogP contribution in [0.25, 0.3) is 0 Å². The number of aliphatic hydroxyl groups excluding tert-OH is 1. The highest BCUT2D eigenvalue weighted by atomic mass is 16.4. The summed E-state index contributed by atoms with van der Waals surface area (Å²) < 4.78 is 0. The Morgan fingerprint density at radius 2 is 0.889 bits per heavy atom. The molecule has 0 rings (SSSR count). The summed E-state index contributed by atoms with van der Waals surface area (Å²) in [5.74, 6) is -9.31. The molecule has 0 aliphatic carbocycles. The van der Waals surface area contributed by atoms with E-state index in [-0.39, 0.29) is 19.4 Å². The van der Waals surface area contributed by atoms with Crippen molar-refractivity contribution < 1.29 is 53.4 Å². The predicted octanol–water partition coefficient (Wildman–Crippen LogP) is -6.93. The fraction of sp³-hybridized carbons (Fsp3) is 0.710. The molecular weight excluding hydrogens is 716 g/mol. The Morgan fingerprint density at radius 3 is 1.33 bits per heavy atom. The minimum Gasteiger partial charge on any atom is -0.480 e. The Kier molecular flexibility index (Phi) is 25.1. The number of carboxylic acids is 1. The van der Waals surface area contributed by atoms with Crippen LogP contribution in [0.15, 0.2) is 0 Å². The van der Waals surface area contributed by atoms with Gasteiger partial charge in [0.25, 0.3) is 0 Å². The second-order valence-electron chi connectivity index (χ2n) is 12.4. The van der Waals surface area contributed by atoms with Gasteiger partial charge in [-0.15, -0.1) is 0 Å². The number of aliphatic carboxylic acids is 1. The zero-order chi connectivity index (χ0) is 41.2. The SMILES string of the molecule is NCCCCC(N)C(=O)NC(CCCCN)C(=O)NC(CCCCN)C(=O)NCC(=O)NC(CC(N)=O)C(=O)NC(CC(N)=O)C(=O)NC(CO)C(=O)O. The zero-order valence-electron chi connectivity index (χ0n) is 30.3. The fourth-order valence-electron chi connectivity index (χ4n) is 4.80. The molecule has 0 saturated heterocycles. The summed E-state index contributed by atoms with van der Waals surface area (Å²) in [5, 5.41) is 32.0. The average Bonchev–Trinajstić information content (AvgIpc) is 3.10. The highest BCUT2D eigenvalue weighted by Gasteiger charge is 2.32. The van der Waals surface area contributed by atoms with Crippen LogP contribution in [0, 0.1) is 0 Å². The van der Waals surface area contributed by atoms with Crippen molar-refractivity contribution in [2.45, 2.75) is 107 Å². The first-order valence-corrected chi connectivity index (χ1v) is 17.6. The maximum Gasteiger partial charge on any atom is 0.328 e. The summed E-state index contributed by atoms with van der Waals surface area (Å²) in [7, 11) is 0. The van der Waals surface area contributed by atoms with Gasteiger partial charge in [0.05, 0.1) is 32.0 Å². The largest absolute Gasteiger partial charge is 0.480 e. The smallest absolute Gasteiger partial charge is 0.328 e. The Labute approximate surface area is 312 Å². The summed E-state index contributed by atoms with van der Waals surface area (Å²) in [4.78, 5) is 112. The van der Waals surface area contributed by atoms with Gasteiger partial charge in [-0.1, -0.05) is 6.42 Å². The molecule has 0 aliphatic heterocycles. The average molecular weight is 775 g/mol. The molecule has 0 heterocycles. The van der Waals surface area contributed by atoms with E-state index in [1.54, 1.807) is 0 Å². The number of unbranched alkanes of at least 4 members (excludes halogenated alkanes) is 3. The van der Waals surface area contributed by atoms with Gasteiger partial charge in [-0.2, -0.15) is 0 Å². The number of carbonyl (C=O) groups excluding carboxylic acids is 8. The second kappa shape index (κ2) is 27.6. The van der Waals surface area contributed by atoms with E-state index in [0.717, 1.165) is 0 Å². The number of aliphatic hydroxyl groups is 1. The topological polar surface area (TPSA) is 422 Å². The van der Waals surface area contributed by atoms with Crippen molar-refractivity contribution in [3.05, 3.63) is 0 Å². The molecule has 20 N–H and O–H groups in total. The van der Waals surface area contributed by atoms with E-state index >= 15 is 0 Å². The molecule has 23 heteroatoms. The van der Waals surface area contributed by atoms with Crippen LogP contribution >= 0.6 is 0 Å². The van der Waals surface area contributed by atoms with Gasteiger partial charge in [0.1, 0.15) is 30.2 Å². The predicted molar refractivity (Wildman–Crippen MR) is 192 cm³/mol. The lowest BCUT2D eigenvalue weighted by Crippen LogP contribution is -2.58. The molecule has 8 amide bonds. The van der Waals surface area contributed by atoms with Crippen LogP contribution in [0.3, 0.4) is 0 Å². The molecule has 0 aliphatic rings. The van der Waals surface area contributed by atoms with Crippen molar-refractivity contribution in [1.29, 1.82) is 0 Å². The van der Waals surface area contributed by atoms with Crippen molar-refractivity contribution >= 4 is 53.2 Å². The normalized spacial score (nSPS) is 14.2. The molecule has 6 atom stereocenters. The second-order valence-corrected chi connectivity index (χ2v) is 12.4. The molecule has 0 radical (unpaired) electrons. The number of rotatable bonds is 30. The number of carbonyl (C=O) groups is 9. The molecule has 6 unspecified atom stereocenters. The molecule has 308 valence electrons. The van der Waals surface area contributed by atoms with E-state index in [4.69, 9.17) is 39.5 Å². The Hall–Kier alpha value is -4.97. The van der Waals surface area contributed by atoms with Gasteiger partial charge in [0.15, 0.2) is 0 Å². The fourth-order valence-corrected chi connectivity index (χ4v) is 4.80. The van der Waals surface area contributed by atoms with E-state index < -0.39 is 115 Å². The highest BCUT2D eigenvalue weighted by molar-refractivity contribution is 5.98. The van der Waals surface area contributed by atoms with E-state index in [2.05, 4.69) is 26.6 Å². The standard InChI is InChI=1S/C31H58N12O11/c32-10-4-1-7-17(35)26(48)40-19(9-3-6-12-34)28(50)41-18(8-2-5-11-33)27(49)38-15-25(47)39-20(13-23(36)45)29(51)42-21(14-24(37)46)30(52)43-22(16-44)31(53)54/h17-22,44H,1-16,32-35H2,(H2,36,45)(H2,37,46)(H,38,49)(H,39,47)(H,40,48)(H,41,50)(H,42,51)(H,43,52)(H,53,54). The molecule has 0 fully saturated rings. The van der Waals surface area contributed by atoms with Crippen LogP contribution in [-0.4, -0.2) is 132 Å². The van der Waals surface area contributed by atoms with Gasteiger partial charge in [-0.25, -0.2) is 4.79 Å². The van der Waals surface area contributed by atoms with Crippen molar-refractivity contribution in [3.63, 3.8) is 0 Å². The number of amides is 8. The molecule has 0 bridgehead atoms. The van der Waals surface area contributed by atoms with Crippen molar-refractivity contribution in [1.82, 2.24) is 31.9 Å². The quantitative estimate of drug-likeness (QED) is 0.0302. The monoisotopic (exact) mass is 774 g/mol. The number of nitrogens with one attached hydrogen (secondary N) is 6. The van der Waals surface area contributed by atoms with Crippen molar-refractivity contribution in [2.75, 3.05) is 32.8 Å². The first kappa shape index (κ1) is 49.0. The summed E-state index contributed by atoms with van der Waals surface area (Å²) in [5.41, 5.74) is 33.0. The third-order valence-corrected chi connectivity index (χ3v) is 7.78. The number of primary amides is 2. The van der Waals surface area contributed by atoms with Gasteiger partial charge >= 0.3 is 5.97 Å². The van der Waals surface area contributed by atoms with Crippen molar-refractivity contribution in [3.8, 4) is 0 Å². The number of hydrogen-bond donors (Lipinski definition) is 14. The van der Waals surface area contributed by atoms with Crippen LogP contribution in [0.5, 0.6) is 0 Å². The summed E-state index contributed by atoms with van der Waals surface area (Å²) in [6.45, 7) is -0.742. The van der Waals surface area contributed by atoms with E-state index in [0.29, 0.717) is 58.0 Å². The summed E-state index contributed by atoms with van der Waals surface area (Å²) in [6.07, 6.45) is 2.16. The van der Waals surface area contributed by atoms with Crippen LogP contribution in [-0.2, 0) is 43.2 Å². The number of hydrogen-bond acceptors (Lipinski definition) is 14. The number of carboxylic acid groups (broad SMARTS) is 1. The van der Waals surface area contributed by atoms with Gasteiger partial charge in [-0.3, -0.25) is 38.4 Å². The van der Waals surface area contributed by atoms with Gasteiger partial charge in [0.2, 0.25) is 47.3 Å². The zero-order valence-corrected chi connectivity index (χ0v) is 30.3. The molecule has 0 spiro atoms. The molecule has 23 nitrogen and oxygen atoms in total. The first-order valence-electron chi connectivity index (χ1n) is 17.6. The van der Waals surface area contributed by atoms with Gasteiger partial charge < -0.3 is 76.5 Å². The molecular formula is C31H58N12O11. The third kappa shape index (κ3) is 20.9. The lowest BCUT2D eigenvalue weighted by Gasteiger charge is -2.25. The summed E-state index contributed by atoms with van der Waals surface area (Å²) >= 11 is 0. The maximum atomic E-state index is 13.4. The van der Waals surface area contributed by atoms with Gasteiger partial charge in [-0.05, 0) is 71.0 Å². The Balaban J connectivity index is 5.81. The highest BCUT2D eigenvalue weighted by Crippen LogP contribution is 2.07. The first-order chi connectivity index (χ1) is 25.5. The van der Waals surface area contributed by atoms with E-state index in [1.807, 2.05) is 5.32 Å². The van der Waals surface area contributed by atoms with Gasteiger partial charge in [0, 0.05) is 0 Å². The van der Waals surface area contributed by atoms with Crippen LogP contribution in [0.1, 0.15) is 70.6 Å². The van der Waals surface area contributed by atoms with Crippen LogP contribution < -0.4 is 66.3 Å². The van der Waals surface area contributed by atoms with Crippen LogP contribution in [0.2, 0.25) is 0 Å². The van der Waals surface area contributed by atoms with Crippen LogP contribution in [0.4, 0.5) is 0 Å². The molecule has 0 aromatic rings. The molecule has 0 aromatic carbocycles. The molecule has 0 saturated carbocycles. The summed E-state index contributed by atoms with van der Waals surface area (Å²) in [6, 6.07) is -8.49. The Bertz CT molecular complexity index is 1270. The third-order valence-electron chi connectivity index (χ3n) is 7.78. The number of nitrogens with two attached hydrogens (primary N) is 6. The lowest BCUT2D eigenvalue weighted by molar-refractivity contribution is -0.143. The molecule has 0 aromatic heterocycles. The maximum absolute atomic E-state index is 13.4. The lowest BCUT2D eigenvalue weighted by atomic mass is 10.0. The molecule has 54 heavy (non-hydrogen) atoms. The van der Waals surface area contributed by atoms with E-state index in [1.165, 1.54) is 0 Å². The Morgan fingerprint density at radius 1 is 0.500 bits per heavy atom. The van der Waals surface area contributed by atoms with Crippen molar-refractivity contribution in [2.24, 2.45) is 34.4 Å².